The highest BCUT2D eigenvalue weighted by molar-refractivity contribution is 5.28. The number of aromatic hydroxyl groups is 1. The standard InChI is InChI=1S/C25H40O/c1-2-3-4-5-20-6-8-21(9-7-20)10-11-22-12-14-23(15-13-22)24-16-18-25(26)19-17-24/h16-23,26H,2-15H2,1H3. The summed E-state index contributed by atoms with van der Waals surface area (Å²) in [6.07, 6.45) is 20.3. The lowest BCUT2D eigenvalue weighted by Gasteiger charge is -2.32. The molecule has 2 aliphatic carbocycles. The summed E-state index contributed by atoms with van der Waals surface area (Å²) < 4.78 is 0. The van der Waals surface area contributed by atoms with Crippen LogP contribution in [0.15, 0.2) is 24.3 Å². The second kappa shape index (κ2) is 10.4. The lowest BCUT2D eigenvalue weighted by Crippen LogP contribution is -2.17. The summed E-state index contributed by atoms with van der Waals surface area (Å²) in [4.78, 5) is 0. The SMILES string of the molecule is CCCCCC1CCC(CCC2CCC(c3ccc(O)cc3)CC2)CC1. The Morgan fingerprint density at radius 3 is 1.73 bits per heavy atom. The zero-order chi connectivity index (χ0) is 18.2. The van der Waals surface area contributed by atoms with E-state index in [2.05, 4.69) is 19.1 Å². The Bertz CT molecular complexity index is 489. The molecular formula is C25H40O. The minimum absolute atomic E-state index is 0.391. The summed E-state index contributed by atoms with van der Waals surface area (Å²) in [6, 6.07) is 7.94. The van der Waals surface area contributed by atoms with E-state index in [9.17, 15) is 5.11 Å². The topological polar surface area (TPSA) is 20.2 Å². The van der Waals surface area contributed by atoms with Gasteiger partial charge in [0.2, 0.25) is 0 Å². The Balaban J connectivity index is 1.30. The van der Waals surface area contributed by atoms with Crippen molar-refractivity contribution in [3.05, 3.63) is 29.8 Å². The molecule has 0 bridgehead atoms. The van der Waals surface area contributed by atoms with Gasteiger partial charge < -0.3 is 5.11 Å². The van der Waals surface area contributed by atoms with Crippen LogP contribution in [0.4, 0.5) is 0 Å². The number of rotatable bonds is 8. The fourth-order valence-corrected chi connectivity index (χ4v) is 5.49. The van der Waals surface area contributed by atoms with Crippen LogP contribution < -0.4 is 0 Å². The van der Waals surface area contributed by atoms with Crippen molar-refractivity contribution < 1.29 is 5.11 Å². The maximum atomic E-state index is 9.46. The highest BCUT2D eigenvalue weighted by atomic mass is 16.3. The predicted octanol–water partition coefficient (Wildman–Crippen LogP) is 7.83. The number of phenols is 1. The van der Waals surface area contributed by atoms with Crippen LogP contribution >= 0.6 is 0 Å². The molecule has 0 spiro atoms. The van der Waals surface area contributed by atoms with Gasteiger partial charge in [-0.15, -0.1) is 0 Å². The average Bonchev–Trinajstić information content (AvgIpc) is 2.69. The van der Waals surface area contributed by atoms with E-state index in [-0.39, 0.29) is 0 Å². The molecule has 0 saturated heterocycles. The molecule has 3 rings (SSSR count). The first-order valence-corrected chi connectivity index (χ1v) is 11.5. The molecule has 0 amide bonds. The maximum Gasteiger partial charge on any atom is 0.115 e. The third-order valence-electron chi connectivity index (χ3n) is 7.38. The van der Waals surface area contributed by atoms with E-state index in [1.54, 1.807) is 0 Å². The molecule has 0 radical (unpaired) electrons. The van der Waals surface area contributed by atoms with Gasteiger partial charge in [0.1, 0.15) is 5.75 Å². The lowest BCUT2D eigenvalue weighted by atomic mass is 9.74. The molecule has 0 heterocycles. The van der Waals surface area contributed by atoms with Crippen molar-refractivity contribution in [2.45, 2.75) is 103 Å². The molecule has 0 unspecified atom stereocenters. The number of hydrogen-bond acceptors (Lipinski definition) is 1. The number of phenolic OH excluding ortho intramolecular Hbond substituents is 1. The van der Waals surface area contributed by atoms with Crippen LogP contribution in [0.5, 0.6) is 5.75 Å². The molecule has 0 aliphatic heterocycles. The molecule has 26 heavy (non-hydrogen) atoms. The van der Waals surface area contributed by atoms with Crippen molar-refractivity contribution in [2.75, 3.05) is 0 Å². The van der Waals surface area contributed by atoms with Crippen LogP contribution in [0, 0.1) is 17.8 Å². The van der Waals surface area contributed by atoms with Gasteiger partial charge in [0.05, 0.1) is 0 Å². The zero-order valence-electron chi connectivity index (χ0n) is 17.0. The van der Waals surface area contributed by atoms with Gasteiger partial charge in [-0.1, -0.05) is 83.3 Å². The van der Waals surface area contributed by atoms with E-state index in [0.29, 0.717) is 5.75 Å². The van der Waals surface area contributed by atoms with Crippen LogP contribution in [0.25, 0.3) is 0 Å². The van der Waals surface area contributed by atoms with Gasteiger partial charge in [-0.05, 0) is 67.1 Å². The lowest BCUT2D eigenvalue weighted by molar-refractivity contribution is 0.222. The number of hydrogen-bond donors (Lipinski definition) is 1. The van der Waals surface area contributed by atoms with E-state index >= 15 is 0 Å². The molecule has 146 valence electrons. The average molecular weight is 357 g/mol. The second-order valence-corrected chi connectivity index (χ2v) is 9.27. The van der Waals surface area contributed by atoms with Crippen LogP contribution in [0.3, 0.4) is 0 Å². The summed E-state index contributed by atoms with van der Waals surface area (Å²) >= 11 is 0. The first-order valence-electron chi connectivity index (χ1n) is 11.5. The number of unbranched alkanes of at least 4 members (excludes halogenated alkanes) is 2. The summed E-state index contributed by atoms with van der Waals surface area (Å²) in [6.45, 7) is 2.31. The Hall–Kier alpha value is -0.980. The smallest absolute Gasteiger partial charge is 0.115 e. The van der Waals surface area contributed by atoms with Crippen molar-refractivity contribution in [2.24, 2.45) is 17.8 Å². The summed E-state index contributed by atoms with van der Waals surface area (Å²) in [5.74, 6) is 4.18. The van der Waals surface area contributed by atoms with Crippen molar-refractivity contribution in [1.82, 2.24) is 0 Å². The molecular weight excluding hydrogens is 316 g/mol. The van der Waals surface area contributed by atoms with Gasteiger partial charge in [0.25, 0.3) is 0 Å². The fourth-order valence-electron chi connectivity index (χ4n) is 5.49. The van der Waals surface area contributed by atoms with Gasteiger partial charge in [0, 0.05) is 0 Å². The summed E-state index contributed by atoms with van der Waals surface area (Å²) in [5.41, 5.74) is 1.43. The molecule has 1 N–H and O–H groups in total. The quantitative estimate of drug-likeness (QED) is 0.470. The van der Waals surface area contributed by atoms with Crippen molar-refractivity contribution in [1.29, 1.82) is 0 Å². The molecule has 0 aromatic heterocycles. The summed E-state index contributed by atoms with van der Waals surface area (Å²) in [7, 11) is 0. The van der Waals surface area contributed by atoms with Gasteiger partial charge in [0.15, 0.2) is 0 Å². The van der Waals surface area contributed by atoms with E-state index < -0.39 is 0 Å². The van der Waals surface area contributed by atoms with Crippen LogP contribution in [-0.4, -0.2) is 5.11 Å². The number of benzene rings is 1. The molecule has 1 nitrogen and oxygen atoms in total. The molecule has 1 heteroatoms. The van der Waals surface area contributed by atoms with Crippen molar-refractivity contribution >= 4 is 0 Å². The third kappa shape index (κ3) is 6.03. The van der Waals surface area contributed by atoms with Gasteiger partial charge in [-0.2, -0.15) is 0 Å². The largest absolute Gasteiger partial charge is 0.508 e. The Morgan fingerprint density at radius 2 is 1.19 bits per heavy atom. The van der Waals surface area contributed by atoms with Crippen molar-refractivity contribution in [3.8, 4) is 5.75 Å². The van der Waals surface area contributed by atoms with E-state index in [0.717, 1.165) is 23.7 Å². The third-order valence-corrected chi connectivity index (χ3v) is 7.38. The van der Waals surface area contributed by atoms with E-state index in [4.69, 9.17) is 0 Å². The first kappa shape index (κ1) is 19.8. The molecule has 0 atom stereocenters. The monoisotopic (exact) mass is 356 g/mol. The zero-order valence-corrected chi connectivity index (χ0v) is 17.0. The molecule has 2 saturated carbocycles. The normalized spacial score (nSPS) is 29.6. The Labute approximate surface area is 161 Å². The van der Waals surface area contributed by atoms with Crippen LogP contribution in [-0.2, 0) is 0 Å². The Morgan fingerprint density at radius 1 is 0.692 bits per heavy atom. The highest BCUT2D eigenvalue weighted by Gasteiger charge is 2.25. The summed E-state index contributed by atoms with van der Waals surface area (Å²) in [5, 5.41) is 9.46. The second-order valence-electron chi connectivity index (χ2n) is 9.27. The Kier molecular flexibility index (Phi) is 7.89. The minimum atomic E-state index is 0.391. The van der Waals surface area contributed by atoms with E-state index in [1.807, 2.05) is 12.1 Å². The van der Waals surface area contributed by atoms with Gasteiger partial charge in [-0.3, -0.25) is 0 Å². The predicted molar refractivity (Wildman–Crippen MR) is 112 cm³/mol. The molecule has 1 aromatic carbocycles. The van der Waals surface area contributed by atoms with E-state index in [1.165, 1.54) is 95.5 Å². The maximum absolute atomic E-state index is 9.46. The van der Waals surface area contributed by atoms with Crippen LogP contribution in [0.2, 0.25) is 0 Å². The van der Waals surface area contributed by atoms with Gasteiger partial charge >= 0.3 is 0 Å². The van der Waals surface area contributed by atoms with Crippen LogP contribution in [0.1, 0.15) is 108 Å². The van der Waals surface area contributed by atoms with Crippen molar-refractivity contribution in [3.63, 3.8) is 0 Å². The minimum Gasteiger partial charge on any atom is -0.508 e. The molecule has 1 aromatic rings. The first-order chi connectivity index (χ1) is 12.7. The fraction of sp³-hybridized carbons (Fsp3) is 0.760. The van der Waals surface area contributed by atoms with Gasteiger partial charge in [-0.25, -0.2) is 0 Å². The molecule has 2 aliphatic rings. The highest BCUT2D eigenvalue weighted by Crippen LogP contribution is 2.40. The molecule has 2 fully saturated rings.